The van der Waals surface area contributed by atoms with Gasteiger partial charge >= 0.3 is 0 Å². The van der Waals surface area contributed by atoms with Gasteiger partial charge in [0.25, 0.3) is 0 Å². The van der Waals surface area contributed by atoms with Crippen LogP contribution in [0.4, 0.5) is 0 Å². The van der Waals surface area contributed by atoms with Crippen LogP contribution in [-0.2, 0) is 0 Å². The third-order valence-electron chi connectivity index (χ3n) is 3.75. The fourth-order valence-corrected chi connectivity index (χ4v) is 2.54. The quantitative estimate of drug-likeness (QED) is 0.771. The Morgan fingerprint density at radius 1 is 1.35 bits per heavy atom. The van der Waals surface area contributed by atoms with Crippen molar-refractivity contribution in [3.63, 3.8) is 0 Å². The lowest BCUT2D eigenvalue weighted by Crippen LogP contribution is -2.41. The number of likely N-dealkylation sites (tertiary alicyclic amines) is 1. The van der Waals surface area contributed by atoms with E-state index in [0.29, 0.717) is 0 Å². The molecule has 1 rings (SSSR count). The average Bonchev–Trinajstić information content (AvgIpc) is 2.59. The molecule has 17 heavy (non-hydrogen) atoms. The number of nitriles is 1. The van der Waals surface area contributed by atoms with Crippen molar-refractivity contribution in [1.82, 2.24) is 10.2 Å². The Morgan fingerprint density at radius 3 is 2.82 bits per heavy atom. The van der Waals surface area contributed by atoms with Crippen molar-refractivity contribution in [3.05, 3.63) is 0 Å². The molecule has 1 fully saturated rings. The molecule has 1 heterocycles. The van der Waals surface area contributed by atoms with Crippen molar-refractivity contribution in [2.45, 2.75) is 52.0 Å². The van der Waals surface area contributed by atoms with E-state index in [9.17, 15) is 0 Å². The third kappa shape index (κ3) is 5.52. The van der Waals surface area contributed by atoms with Crippen LogP contribution < -0.4 is 5.32 Å². The standard InChI is InChI=1S/C14H27N3/c1-3-8-16-14(11-15)12-17-9-5-6-13(4-2)7-10-17/h13-14,16H,3-10,12H2,1-2H3. The smallest absolute Gasteiger partial charge is 0.108 e. The van der Waals surface area contributed by atoms with Gasteiger partial charge in [0.05, 0.1) is 6.07 Å². The molecular weight excluding hydrogens is 210 g/mol. The van der Waals surface area contributed by atoms with Gasteiger partial charge in [-0.15, -0.1) is 0 Å². The lowest BCUT2D eigenvalue weighted by atomic mass is 9.98. The highest BCUT2D eigenvalue weighted by Crippen LogP contribution is 2.20. The monoisotopic (exact) mass is 237 g/mol. The number of nitrogens with one attached hydrogen (secondary N) is 1. The summed E-state index contributed by atoms with van der Waals surface area (Å²) in [6, 6.07) is 2.38. The maximum atomic E-state index is 9.11. The summed E-state index contributed by atoms with van der Waals surface area (Å²) < 4.78 is 0. The van der Waals surface area contributed by atoms with Crippen LogP contribution in [0.3, 0.4) is 0 Å². The summed E-state index contributed by atoms with van der Waals surface area (Å²) in [6.45, 7) is 8.62. The van der Waals surface area contributed by atoms with Gasteiger partial charge in [0.2, 0.25) is 0 Å². The van der Waals surface area contributed by atoms with Crippen molar-refractivity contribution in [1.29, 1.82) is 5.26 Å². The van der Waals surface area contributed by atoms with Crippen LogP contribution in [0, 0.1) is 17.2 Å². The number of rotatable bonds is 6. The fourth-order valence-electron chi connectivity index (χ4n) is 2.54. The number of hydrogen-bond acceptors (Lipinski definition) is 3. The van der Waals surface area contributed by atoms with Gasteiger partial charge in [0, 0.05) is 6.54 Å². The van der Waals surface area contributed by atoms with Crippen LogP contribution in [0.15, 0.2) is 0 Å². The van der Waals surface area contributed by atoms with Crippen LogP contribution >= 0.6 is 0 Å². The first-order valence-corrected chi connectivity index (χ1v) is 7.15. The summed E-state index contributed by atoms with van der Waals surface area (Å²) in [5, 5.41) is 12.4. The van der Waals surface area contributed by atoms with E-state index in [1.807, 2.05) is 0 Å². The Labute approximate surface area is 106 Å². The molecule has 3 nitrogen and oxygen atoms in total. The molecule has 1 aliphatic heterocycles. The molecule has 0 aromatic carbocycles. The second-order valence-electron chi connectivity index (χ2n) is 5.14. The van der Waals surface area contributed by atoms with Gasteiger partial charge < -0.3 is 10.2 Å². The van der Waals surface area contributed by atoms with Crippen LogP contribution in [0.25, 0.3) is 0 Å². The lowest BCUT2D eigenvalue weighted by Gasteiger charge is -2.23. The molecule has 0 bridgehead atoms. The van der Waals surface area contributed by atoms with Gasteiger partial charge in [-0.2, -0.15) is 5.26 Å². The normalized spacial score (nSPS) is 23.9. The molecule has 2 unspecified atom stereocenters. The summed E-state index contributed by atoms with van der Waals surface area (Å²) in [7, 11) is 0. The highest BCUT2D eigenvalue weighted by molar-refractivity contribution is 4.92. The van der Waals surface area contributed by atoms with Gasteiger partial charge in [-0.3, -0.25) is 0 Å². The zero-order valence-electron chi connectivity index (χ0n) is 11.4. The summed E-state index contributed by atoms with van der Waals surface area (Å²) in [4.78, 5) is 2.46. The lowest BCUT2D eigenvalue weighted by molar-refractivity contribution is 0.263. The molecular formula is C14H27N3. The first-order valence-electron chi connectivity index (χ1n) is 7.15. The molecule has 0 aromatic rings. The third-order valence-corrected chi connectivity index (χ3v) is 3.75. The molecule has 1 aliphatic rings. The Kier molecular flexibility index (Phi) is 7.23. The van der Waals surface area contributed by atoms with Crippen LogP contribution in [0.5, 0.6) is 0 Å². The Hall–Kier alpha value is -0.590. The largest absolute Gasteiger partial charge is 0.301 e. The van der Waals surface area contributed by atoms with E-state index in [1.165, 1.54) is 38.8 Å². The minimum Gasteiger partial charge on any atom is -0.301 e. The van der Waals surface area contributed by atoms with E-state index in [2.05, 4.69) is 30.1 Å². The molecule has 1 N–H and O–H groups in total. The fraction of sp³-hybridized carbons (Fsp3) is 0.929. The zero-order valence-corrected chi connectivity index (χ0v) is 11.4. The van der Waals surface area contributed by atoms with E-state index in [0.717, 1.165) is 25.4 Å². The first kappa shape index (κ1) is 14.5. The Balaban J connectivity index is 2.32. The number of nitrogens with zero attached hydrogens (tertiary/aromatic N) is 2. The van der Waals surface area contributed by atoms with Crippen molar-refractivity contribution in [2.75, 3.05) is 26.2 Å². The highest BCUT2D eigenvalue weighted by atomic mass is 15.1. The maximum absolute atomic E-state index is 9.11. The van der Waals surface area contributed by atoms with Crippen LogP contribution in [0.2, 0.25) is 0 Å². The topological polar surface area (TPSA) is 39.1 Å². The molecule has 0 saturated carbocycles. The van der Waals surface area contributed by atoms with Crippen LogP contribution in [-0.4, -0.2) is 37.1 Å². The Bertz CT molecular complexity index is 234. The predicted octanol–water partition coefficient (Wildman–Crippen LogP) is 2.39. The molecule has 2 atom stereocenters. The molecule has 3 heteroatoms. The minimum atomic E-state index is 0.00752. The molecule has 0 radical (unpaired) electrons. The second kappa shape index (κ2) is 8.49. The van der Waals surface area contributed by atoms with Crippen molar-refractivity contribution in [3.8, 4) is 6.07 Å². The average molecular weight is 237 g/mol. The Morgan fingerprint density at radius 2 is 2.18 bits per heavy atom. The summed E-state index contributed by atoms with van der Waals surface area (Å²) in [6.07, 6.45) is 6.37. The van der Waals surface area contributed by atoms with E-state index in [-0.39, 0.29) is 6.04 Å². The number of hydrogen-bond donors (Lipinski definition) is 1. The summed E-state index contributed by atoms with van der Waals surface area (Å²) >= 11 is 0. The van der Waals surface area contributed by atoms with Crippen molar-refractivity contribution in [2.24, 2.45) is 5.92 Å². The SMILES string of the molecule is CCCNC(C#N)CN1CCCC(CC)CC1. The van der Waals surface area contributed by atoms with Crippen molar-refractivity contribution < 1.29 is 0 Å². The summed E-state index contributed by atoms with van der Waals surface area (Å²) in [5.41, 5.74) is 0. The second-order valence-corrected chi connectivity index (χ2v) is 5.14. The van der Waals surface area contributed by atoms with Gasteiger partial charge in [-0.05, 0) is 51.2 Å². The highest BCUT2D eigenvalue weighted by Gasteiger charge is 2.18. The molecule has 0 aliphatic carbocycles. The van der Waals surface area contributed by atoms with Gasteiger partial charge in [0.15, 0.2) is 0 Å². The van der Waals surface area contributed by atoms with E-state index in [1.54, 1.807) is 0 Å². The first-order chi connectivity index (χ1) is 8.30. The predicted molar refractivity (Wildman–Crippen MR) is 71.8 cm³/mol. The maximum Gasteiger partial charge on any atom is 0.108 e. The van der Waals surface area contributed by atoms with Gasteiger partial charge in [-0.25, -0.2) is 0 Å². The van der Waals surface area contributed by atoms with E-state index < -0.39 is 0 Å². The zero-order chi connectivity index (χ0) is 12.5. The molecule has 1 saturated heterocycles. The molecule has 0 aromatic heterocycles. The van der Waals surface area contributed by atoms with Gasteiger partial charge in [-0.1, -0.05) is 20.3 Å². The minimum absolute atomic E-state index is 0.00752. The van der Waals surface area contributed by atoms with Crippen molar-refractivity contribution >= 4 is 0 Å². The molecule has 0 spiro atoms. The van der Waals surface area contributed by atoms with Crippen LogP contribution in [0.1, 0.15) is 46.0 Å². The molecule has 0 amide bonds. The summed E-state index contributed by atoms with van der Waals surface area (Å²) in [5.74, 6) is 0.907. The van der Waals surface area contributed by atoms with E-state index in [4.69, 9.17) is 5.26 Å². The molecule has 98 valence electrons. The van der Waals surface area contributed by atoms with Gasteiger partial charge in [0.1, 0.15) is 6.04 Å². The van der Waals surface area contributed by atoms with E-state index >= 15 is 0 Å².